The molecular weight excluding hydrogens is 252 g/mol. The Morgan fingerprint density at radius 3 is 3.17 bits per heavy atom. The van der Waals surface area contributed by atoms with Gasteiger partial charge in [-0.15, -0.1) is 0 Å². The second-order valence-corrected chi connectivity index (χ2v) is 4.93. The SMILES string of the molecule is O=C1C=C2[C@@H](CCCN2Cc2ccc(Cl)nc2)O1. The number of piperidine rings is 1. The maximum atomic E-state index is 11.3. The van der Waals surface area contributed by atoms with Gasteiger partial charge in [-0.05, 0) is 24.5 Å². The zero-order valence-corrected chi connectivity index (χ0v) is 10.6. The Labute approximate surface area is 110 Å². The van der Waals surface area contributed by atoms with E-state index in [4.69, 9.17) is 16.3 Å². The molecule has 0 spiro atoms. The number of aromatic nitrogens is 1. The number of likely N-dealkylation sites (tertiary alicyclic amines) is 1. The van der Waals surface area contributed by atoms with Crippen LogP contribution in [0.5, 0.6) is 0 Å². The third-order valence-electron chi connectivity index (χ3n) is 3.28. The second-order valence-electron chi connectivity index (χ2n) is 4.55. The molecule has 0 aromatic carbocycles. The van der Waals surface area contributed by atoms with E-state index in [1.165, 1.54) is 0 Å². The maximum Gasteiger partial charge on any atom is 0.333 e. The molecule has 1 saturated heterocycles. The number of ether oxygens (including phenoxy) is 1. The highest BCUT2D eigenvalue weighted by Crippen LogP contribution is 2.29. The van der Waals surface area contributed by atoms with Crippen LogP contribution in [0.15, 0.2) is 30.1 Å². The van der Waals surface area contributed by atoms with Gasteiger partial charge in [0.1, 0.15) is 11.3 Å². The number of halogens is 1. The Kier molecular flexibility index (Phi) is 2.96. The zero-order chi connectivity index (χ0) is 12.5. The molecule has 18 heavy (non-hydrogen) atoms. The van der Waals surface area contributed by atoms with Crippen molar-refractivity contribution in [3.05, 3.63) is 40.8 Å². The maximum absolute atomic E-state index is 11.3. The minimum absolute atomic E-state index is 0.0495. The third-order valence-corrected chi connectivity index (χ3v) is 3.50. The number of carbonyl (C=O) groups excluding carboxylic acids is 1. The summed E-state index contributed by atoms with van der Waals surface area (Å²) in [4.78, 5) is 17.5. The number of hydrogen-bond donors (Lipinski definition) is 0. The average molecular weight is 265 g/mol. The molecule has 1 aromatic heterocycles. The highest BCUT2D eigenvalue weighted by Gasteiger charge is 2.33. The molecule has 0 saturated carbocycles. The van der Waals surface area contributed by atoms with Gasteiger partial charge in [0.15, 0.2) is 0 Å². The number of pyridine rings is 1. The Bertz CT molecular complexity index is 498. The molecule has 2 aliphatic heterocycles. The smallest absolute Gasteiger partial charge is 0.333 e. The van der Waals surface area contributed by atoms with Crippen LogP contribution in [0.3, 0.4) is 0 Å². The predicted octanol–water partition coefficient (Wildman–Crippen LogP) is 2.14. The summed E-state index contributed by atoms with van der Waals surface area (Å²) < 4.78 is 5.24. The molecule has 0 unspecified atom stereocenters. The van der Waals surface area contributed by atoms with Crippen molar-refractivity contribution in [2.75, 3.05) is 6.54 Å². The summed E-state index contributed by atoms with van der Waals surface area (Å²) in [5.74, 6) is -0.226. The molecule has 0 bridgehead atoms. The quantitative estimate of drug-likeness (QED) is 0.606. The van der Waals surface area contributed by atoms with Gasteiger partial charge in [0, 0.05) is 25.4 Å². The van der Waals surface area contributed by atoms with Crippen LogP contribution < -0.4 is 0 Å². The lowest BCUT2D eigenvalue weighted by Gasteiger charge is -2.33. The van der Waals surface area contributed by atoms with Crippen molar-refractivity contribution in [2.45, 2.75) is 25.5 Å². The molecule has 1 atom stereocenters. The molecule has 3 rings (SSSR count). The van der Waals surface area contributed by atoms with Gasteiger partial charge >= 0.3 is 5.97 Å². The van der Waals surface area contributed by atoms with E-state index in [2.05, 4.69) is 9.88 Å². The normalized spacial score (nSPS) is 22.5. The summed E-state index contributed by atoms with van der Waals surface area (Å²) in [5.41, 5.74) is 2.08. The summed E-state index contributed by atoms with van der Waals surface area (Å²) in [5, 5.41) is 0.494. The van der Waals surface area contributed by atoms with E-state index >= 15 is 0 Å². The average Bonchev–Trinajstić information content (AvgIpc) is 2.73. The van der Waals surface area contributed by atoms with Crippen LogP contribution in [0, 0.1) is 0 Å². The largest absolute Gasteiger partial charge is 0.453 e. The van der Waals surface area contributed by atoms with Gasteiger partial charge in [-0.2, -0.15) is 0 Å². The van der Waals surface area contributed by atoms with E-state index in [1.807, 2.05) is 6.07 Å². The molecule has 0 N–H and O–H groups in total. The molecule has 2 aliphatic rings. The highest BCUT2D eigenvalue weighted by molar-refractivity contribution is 6.29. The fourth-order valence-corrected chi connectivity index (χ4v) is 2.55. The lowest BCUT2D eigenvalue weighted by atomic mass is 10.0. The molecule has 0 amide bonds. The monoisotopic (exact) mass is 264 g/mol. The standard InChI is InChI=1S/C13H13ClN2O2/c14-12-4-3-9(7-15-12)8-16-5-1-2-11-10(16)6-13(17)18-11/h3-4,6-7,11H,1-2,5,8H2/t11-/m1/s1. The Hall–Kier alpha value is -1.55. The summed E-state index contributed by atoms with van der Waals surface area (Å²) in [6.45, 7) is 1.69. The number of esters is 1. The lowest BCUT2D eigenvalue weighted by Crippen LogP contribution is -2.34. The van der Waals surface area contributed by atoms with Crippen LogP contribution in [0.1, 0.15) is 18.4 Å². The molecule has 5 heteroatoms. The Morgan fingerprint density at radius 2 is 2.39 bits per heavy atom. The second kappa shape index (κ2) is 4.61. The first-order valence-corrected chi connectivity index (χ1v) is 6.38. The fourth-order valence-electron chi connectivity index (χ4n) is 2.44. The van der Waals surface area contributed by atoms with Gasteiger partial charge in [-0.25, -0.2) is 9.78 Å². The van der Waals surface area contributed by atoms with Crippen molar-refractivity contribution in [1.29, 1.82) is 0 Å². The zero-order valence-electron chi connectivity index (χ0n) is 9.80. The van der Waals surface area contributed by atoms with Crippen LogP contribution in [-0.2, 0) is 16.1 Å². The number of fused-ring (bicyclic) bond motifs is 1. The van der Waals surface area contributed by atoms with E-state index in [9.17, 15) is 4.79 Å². The van der Waals surface area contributed by atoms with E-state index in [0.29, 0.717) is 5.15 Å². The van der Waals surface area contributed by atoms with Crippen LogP contribution in [0.2, 0.25) is 5.15 Å². The summed E-state index contributed by atoms with van der Waals surface area (Å²) in [7, 11) is 0. The van der Waals surface area contributed by atoms with E-state index in [1.54, 1.807) is 18.3 Å². The van der Waals surface area contributed by atoms with E-state index in [-0.39, 0.29) is 12.1 Å². The topological polar surface area (TPSA) is 42.4 Å². The Balaban J connectivity index is 1.77. The van der Waals surface area contributed by atoms with Gasteiger partial charge in [0.2, 0.25) is 0 Å². The summed E-state index contributed by atoms with van der Waals surface area (Å²) in [6, 6.07) is 3.74. The van der Waals surface area contributed by atoms with Gasteiger partial charge < -0.3 is 9.64 Å². The van der Waals surface area contributed by atoms with Crippen LogP contribution >= 0.6 is 11.6 Å². The molecule has 3 heterocycles. The molecular formula is C13H13ClN2O2. The van der Waals surface area contributed by atoms with Crippen LogP contribution in [0.25, 0.3) is 0 Å². The molecule has 0 aliphatic carbocycles. The van der Waals surface area contributed by atoms with Gasteiger partial charge in [0.05, 0.1) is 5.70 Å². The minimum atomic E-state index is -0.226. The Morgan fingerprint density at radius 1 is 1.50 bits per heavy atom. The minimum Gasteiger partial charge on any atom is -0.453 e. The number of nitrogens with zero attached hydrogens (tertiary/aromatic N) is 2. The van der Waals surface area contributed by atoms with Crippen molar-refractivity contribution in [2.24, 2.45) is 0 Å². The predicted molar refractivity (Wildman–Crippen MR) is 66.9 cm³/mol. The first kappa shape index (κ1) is 11.5. The highest BCUT2D eigenvalue weighted by atomic mass is 35.5. The molecule has 0 radical (unpaired) electrons. The van der Waals surface area contributed by atoms with Crippen molar-refractivity contribution in [3.8, 4) is 0 Å². The molecule has 94 valence electrons. The summed E-state index contributed by atoms with van der Waals surface area (Å²) >= 11 is 5.76. The molecule has 1 fully saturated rings. The number of hydrogen-bond acceptors (Lipinski definition) is 4. The first-order valence-electron chi connectivity index (χ1n) is 6.00. The van der Waals surface area contributed by atoms with Crippen molar-refractivity contribution >= 4 is 17.6 Å². The fraction of sp³-hybridized carbons (Fsp3) is 0.385. The van der Waals surface area contributed by atoms with Crippen molar-refractivity contribution < 1.29 is 9.53 Å². The lowest BCUT2D eigenvalue weighted by molar-refractivity contribution is -0.139. The summed E-state index contributed by atoms with van der Waals surface area (Å²) in [6.07, 6.45) is 5.28. The third kappa shape index (κ3) is 2.20. The van der Waals surface area contributed by atoms with Crippen LogP contribution in [-0.4, -0.2) is 28.5 Å². The number of rotatable bonds is 2. The van der Waals surface area contributed by atoms with Crippen LogP contribution in [0.4, 0.5) is 0 Å². The van der Waals surface area contributed by atoms with E-state index in [0.717, 1.165) is 37.2 Å². The van der Waals surface area contributed by atoms with Crippen molar-refractivity contribution in [3.63, 3.8) is 0 Å². The van der Waals surface area contributed by atoms with Gasteiger partial charge in [0.25, 0.3) is 0 Å². The van der Waals surface area contributed by atoms with Gasteiger partial charge in [-0.3, -0.25) is 0 Å². The molecule has 4 nitrogen and oxygen atoms in total. The number of carbonyl (C=O) groups is 1. The van der Waals surface area contributed by atoms with E-state index < -0.39 is 0 Å². The van der Waals surface area contributed by atoms with Gasteiger partial charge in [-0.1, -0.05) is 17.7 Å². The molecule has 1 aromatic rings. The van der Waals surface area contributed by atoms with Crippen molar-refractivity contribution in [1.82, 2.24) is 9.88 Å². The first-order chi connectivity index (χ1) is 8.72.